The lowest BCUT2D eigenvalue weighted by Gasteiger charge is -2.19. The van der Waals surface area contributed by atoms with Gasteiger partial charge in [0.2, 0.25) is 11.8 Å². The van der Waals surface area contributed by atoms with Crippen molar-refractivity contribution < 1.29 is 19.1 Å². The molecule has 3 amide bonds. The maximum atomic E-state index is 12.2. The topological polar surface area (TPSA) is 96.5 Å². The van der Waals surface area contributed by atoms with Crippen LogP contribution in [-0.4, -0.2) is 30.1 Å². The Morgan fingerprint density at radius 3 is 2.43 bits per heavy atom. The van der Waals surface area contributed by atoms with Gasteiger partial charge in [0, 0.05) is 31.1 Å². The molecular formula is C21H31N3O4. The predicted molar refractivity (Wildman–Crippen MR) is 108 cm³/mol. The van der Waals surface area contributed by atoms with E-state index in [4.69, 9.17) is 4.74 Å². The third-order valence-corrected chi connectivity index (χ3v) is 4.49. The zero-order valence-corrected chi connectivity index (χ0v) is 17.0. The number of benzene rings is 1. The van der Waals surface area contributed by atoms with Crippen LogP contribution in [0.15, 0.2) is 24.3 Å². The summed E-state index contributed by atoms with van der Waals surface area (Å²) in [6, 6.07) is 7.38. The molecular weight excluding hydrogens is 358 g/mol. The highest BCUT2D eigenvalue weighted by atomic mass is 16.6. The van der Waals surface area contributed by atoms with Crippen LogP contribution >= 0.6 is 0 Å². The molecule has 0 aromatic heterocycles. The molecule has 0 atom stereocenters. The molecule has 154 valence electrons. The highest BCUT2D eigenvalue weighted by Crippen LogP contribution is 2.25. The molecule has 1 saturated carbocycles. The van der Waals surface area contributed by atoms with Crippen molar-refractivity contribution in [3.8, 4) is 0 Å². The van der Waals surface area contributed by atoms with Gasteiger partial charge in [-0.1, -0.05) is 31.0 Å². The van der Waals surface area contributed by atoms with Crippen LogP contribution in [0.25, 0.3) is 0 Å². The third-order valence-electron chi connectivity index (χ3n) is 4.49. The molecule has 0 bridgehead atoms. The average molecular weight is 389 g/mol. The summed E-state index contributed by atoms with van der Waals surface area (Å²) in [7, 11) is 0. The standard InChI is InChI=1S/C21H31N3O4/c1-21(2,3)28-20(27)22-13-12-18(25)24-17-11-7-6-10-16(17)14-23-19(26)15-8-4-5-9-15/h6-7,10-11,15H,4-5,8-9,12-14H2,1-3H3,(H,22,27)(H,23,26)(H,24,25). The van der Waals surface area contributed by atoms with E-state index < -0.39 is 11.7 Å². The monoisotopic (exact) mass is 389 g/mol. The molecule has 7 nitrogen and oxygen atoms in total. The first-order chi connectivity index (χ1) is 13.2. The SMILES string of the molecule is CC(C)(C)OC(=O)NCCC(=O)Nc1ccccc1CNC(=O)C1CCCC1. The number of amides is 3. The molecule has 2 rings (SSSR count). The van der Waals surface area contributed by atoms with Gasteiger partial charge in [-0.05, 0) is 45.2 Å². The van der Waals surface area contributed by atoms with Gasteiger partial charge in [0.1, 0.15) is 5.60 Å². The molecule has 1 aliphatic rings. The molecule has 1 aromatic rings. The van der Waals surface area contributed by atoms with Crippen molar-refractivity contribution in [1.29, 1.82) is 0 Å². The summed E-state index contributed by atoms with van der Waals surface area (Å²) in [6.07, 6.45) is 3.71. The molecule has 0 saturated heterocycles. The van der Waals surface area contributed by atoms with Gasteiger partial charge in [0.15, 0.2) is 0 Å². The first-order valence-corrected chi connectivity index (χ1v) is 9.87. The van der Waals surface area contributed by atoms with Crippen LogP contribution in [0.2, 0.25) is 0 Å². The highest BCUT2D eigenvalue weighted by Gasteiger charge is 2.22. The number of alkyl carbamates (subject to hydrolysis) is 1. The van der Waals surface area contributed by atoms with Crippen molar-refractivity contribution in [2.75, 3.05) is 11.9 Å². The maximum absolute atomic E-state index is 12.2. The predicted octanol–water partition coefficient (Wildman–Crippen LogP) is 3.35. The number of nitrogens with one attached hydrogen (secondary N) is 3. The zero-order chi connectivity index (χ0) is 20.6. The number of anilines is 1. The molecule has 0 radical (unpaired) electrons. The summed E-state index contributed by atoms with van der Waals surface area (Å²) in [4.78, 5) is 36.0. The van der Waals surface area contributed by atoms with Crippen molar-refractivity contribution in [2.45, 2.75) is 65.0 Å². The minimum atomic E-state index is -0.575. The molecule has 1 aromatic carbocycles. The molecule has 7 heteroatoms. The molecule has 3 N–H and O–H groups in total. The van der Waals surface area contributed by atoms with E-state index >= 15 is 0 Å². The summed E-state index contributed by atoms with van der Waals surface area (Å²) in [5.74, 6) is -0.0218. The highest BCUT2D eigenvalue weighted by molar-refractivity contribution is 5.92. The summed E-state index contributed by atoms with van der Waals surface area (Å²) in [5, 5.41) is 8.38. The Morgan fingerprint density at radius 1 is 1.07 bits per heavy atom. The second kappa shape index (κ2) is 10.1. The normalized spacial score (nSPS) is 14.4. The van der Waals surface area contributed by atoms with E-state index in [2.05, 4.69) is 16.0 Å². The molecule has 28 heavy (non-hydrogen) atoms. The number of carbonyl (C=O) groups is 3. The Labute approximate surface area is 166 Å². The van der Waals surface area contributed by atoms with Gasteiger partial charge in [0.25, 0.3) is 0 Å². The lowest BCUT2D eigenvalue weighted by atomic mass is 10.1. The minimum Gasteiger partial charge on any atom is -0.444 e. The van der Waals surface area contributed by atoms with Gasteiger partial charge in [-0.3, -0.25) is 9.59 Å². The van der Waals surface area contributed by atoms with Gasteiger partial charge < -0.3 is 20.7 Å². The quantitative estimate of drug-likeness (QED) is 0.666. The molecule has 1 aliphatic carbocycles. The smallest absolute Gasteiger partial charge is 0.407 e. The number of hydrogen-bond donors (Lipinski definition) is 3. The van der Waals surface area contributed by atoms with Gasteiger partial charge in [-0.25, -0.2) is 4.79 Å². The fraction of sp³-hybridized carbons (Fsp3) is 0.571. The Kier molecular flexibility index (Phi) is 7.84. The second-order valence-corrected chi connectivity index (χ2v) is 8.08. The summed E-state index contributed by atoms with van der Waals surface area (Å²) >= 11 is 0. The summed E-state index contributed by atoms with van der Waals surface area (Å²) in [5.41, 5.74) is 0.938. The molecule has 0 unspecified atom stereocenters. The van der Waals surface area contributed by atoms with E-state index in [9.17, 15) is 14.4 Å². The largest absolute Gasteiger partial charge is 0.444 e. The van der Waals surface area contributed by atoms with Crippen LogP contribution in [0.1, 0.15) is 58.4 Å². The first kappa shape index (κ1) is 21.7. The fourth-order valence-electron chi connectivity index (χ4n) is 3.12. The third kappa shape index (κ3) is 7.58. The lowest BCUT2D eigenvalue weighted by molar-refractivity contribution is -0.125. The van der Waals surface area contributed by atoms with Crippen molar-refractivity contribution >= 4 is 23.6 Å². The molecule has 0 heterocycles. The fourth-order valence-corrected chi connectivity index (χ4v) is 3.12. The van der Waals surface area contributed by atoms with E-state index in [0.717, 1.165) is 31.2 Å². The number of rotatable bonds is 7. The van der Waals surface area contributed by atoms with Gasteiger partial charge in [0.05, 0.1) is 0 Å². The first-order valence-electron chi connectivity index (χ1n) is 9.87. The Hall–Kier alpha value is -2.57. The Balaban J connectivity index is 1.79. The van der Waals surface area contributed by atoms with Crippen molar-refractivity contribution in [1.82, 2.24) is 10.6 Å². The lowest BCUT2D eigenvalue weighted by Crippen LogP contribution is -2.34. The van der Waals surface area contributed by atoms with Crippen molar-refractivity contribution in [2.24, 2.45) is 5.92 Å². The van der Waals surface area contributed by atoms with Gasteiger partial charge >= 0.3 is 6.09 Å². The average Bonchev–Trinajstić information content (AvgIpc) is 3.14. The van der Waals surface area contributed by atoms with Gasteiger partial charge in [-0.2, -0.15) is 0 Å². The zero-order valence-electron chi connectivity index (χ0n) is 17.0. The molecule has 0 aliphatic heterocycles. The van der Waals surface area contributed by atoms with Gasteiger partial charge in [-0.15, -0.1) is 0 Å². The van der Waals surface area contributed by atoms with Crippen LogP contribution in [0.4, 0.5) is 10.5 Å². The van der Waals surface area contributed by atoms with E-state index in [1.807, 2.05) is 18.2 Å². The van der Waals surface area contributed by atoms with E-state index in [0.29, 0.717) is 12.2 Å². The number of ether oxygens (including phenoxy) is 1. The Bertz CT molecular complexity index is 691. The molecule has 1 fully saturated rings. The number of para-hydroxylation sites is 1. The summed E-state index contributed by atoms with van der Waals surface area (Å²) < 4.78 is 5.13. The van der Waals surface area contributed by atoms with Crippen LogP contribution in [-0.2, 0) is 20.9 Å². The van der Waals surface area contributed by atoms with Crippen LogP contribution < -0.4 is 16.0 Å². The molecule has 0 spiro atoms. The Morgan fingerprint density at radius 2 is 1.75 bits per heavy atom. The van der Waals surface area contributed by atoms with Crippen LogP contribution in [0.5, 0.6) is 0 Å². The number of carbonyl (C=O) groups excluding carboxylic acids is 3. The summed E-state index contributed by atoms with van der Waals surface area (Å²) in [6.45, 7) is 5.90. The van der Waals surface area contributed by atoms with Crippen molar-refractivity contribution in [3.63, 3.8) is 0 Å². The number of hydrogen-bond acceptors (Lipinski definition) is 4. The van der Waals surface area contributed by atoms with E-state index in [1.54, 1.807) is 26.8 Å². The minimum absolute atomic E-state index is 0.0835. The maximum Gasteiger partial charge on any atom is 0.407 e. The van der Waals surface area contributed by atoms with E-state index in [-0.39, 0.29) is 30.7 Å². The van der Waals surface area contributed by atoms with Crippen LogP contribution in [0, 0.1) is 5.92 Å². The second-order valence-electron chi connectivity index (χ2n) is 8.08. The van der Waals surface area contributed by atoms with Crippen molar-refractivity contribution in [3.05, 3.63) is 29.8 Å². The van der Waals surface area contributed by atoms with E-state index in [1.165, 1.54) is 0 Å². The van der Waals surface area contributed by atoms with Crippen LogP contribution in [0.3, 0.4) is 0 Å².